The molecule has 0 bridgehead atoms. The molecule has 1 aromatic heterocycles. The zero-order chi connectivity index (χ0) is 24.3. The van der Waals surface area contributed by atoms with E-state index >= 15 is 0 Å². The minimum absolute atomic E-state index is 0.0550. The van der Waals surface area contributed by atoms with Crippen molar-refractivity contribution in [3.63, 3.8) is 0 Å². The van der Waals surface area contributed by atoms with Gasteiger partial charge in [-0.25, -0.2) is 4.98 Å². The van der Waals surface area contributed by atoms with Gasteiger partial charge in [-0.15, -0.1) is 0 Å². The Kier molecular flexibility index (Phi) is 7.27. The first-order valence-corrected chi connectivity index (χ1v) is 11.8. The fourth-order valence-electron chi connectivity index (χ4n) is 3.72. The maximum Gasteiger partial charge on any atom is 0.416 e. The fraction of sp³-hybridized carbons (Fsp3) is 0.348. The molecular weight excluding hydrogens is 487 g/mol. The normalized spacial score (nSPS) is 14.4. The first kappa shape index (κ1) is 24.3. The van der Waals surface area contributed by atoms with E-state index in [1.54, 1.807) is 22.9 Å². The fourth-order valence-corrected chi connectivity index (χ4v) is 4.49. The molecule has 2 heterocycles. The van der Waals surface area contributed by atoms with Crippen LogP contribution in [0.1, 0.15) is 17.0 Å². The van der Waals surface area contributed by atoms with E-state index in [1.165, 1.54) is 17.6 Å². The molecule has 0 atom stereocenters. The summed E-state index contributed by atoms with van der Waals surface area (Å²) in [5.74, 6) is 0.622. The highest BCUT2D eigenvalue weighted by Crippen LogP contribution is 2.32. The highest BCUT2D eigenvalue weighted by atomic mass is 35.5. The summed E-state index contributed by atoms with van der Waals surface area (Å²) in [6.45, 7) is 1.99. The van der Waals surface area contributed by atoms with Gasteiger partial charge in [0, 0.05) is 61.9 Å². The molecule has 4 rings (SSSR count). The van der Waals surface area contributed by atoms with Crippen LogP contribution in [0.15, 0.2) is 48.5 Å². The second kappa shape index (κ2) is 10.2. The van der Waals surface area contributed by atoms with Gasteiger partial charge >= 0.3 is 6.18 Å². The molecule has 0 aliphatic carbocycles. The lowest BCUT2D eigenvalue weighted by Crippen LogP contribution is -2.51. The Bertz CT molecular complexity index is 1130. The minimum atomic E-state index is -4.38. The molecule has 0 N–H and O–H groups in total. The highest BCUT2D eigenvalue weighted by Gasteiger charge is 2.31. The van der Waals surface area contributed by atoms with Gasteiger partial charge in [0.25, 0.3) is 0 Å². The number of likely N-dealkylation sites (N-methyl/N-ethyl adjacent to an activating group) is 1. The first-order chi connectivity index (χ1) is 16.2. The summed E-state index contributed by atoms with van der Waals surface area (Å²) in [5.41, 5.74) is 0.893. The van der Waals surface area contributed by atoms with Gasteiger partial charge in [-0.3, -0.25) is 4.79 Å². The number of piperazine rings is 1. The zero-order valence-electron chi connectivity index (χ0n) is 18.4. The number of halogens is 4. The molecule has 11 heteroatoms. The van der Waals surface area contributed by atoms with Crippen LogP contribution in [0.25, 0.3) is 0 Å². The molecule has 1 aliphatic rings. The van der Waals surface area contributed by atoms with Crippen LogP contribution in [-0.2, 0) is 17.4 Å². The Morgan fingerprint density at radius 3 is 2.50 bits per heavy atom. The summed E-state index contributed by atoms with van der Waals surface area (Å²) in [6.07, 6.45) is -3.80. The van der Waals surface area contributed by atoms with Crippen molar-refractivity contribution >= 4 is 39.9 Å². The van der Waals surface area contributed by atoms with Gasteiger partial charge in [-0.1, -0.05) is 29.8 Å². The van der Waals surface area contributed by atoms with Crippen LogP contribution in [0, 0.1) is 0 Å². The number of carbonyl (C=O) groups is 1. The molecule has 6 nitrogen and oxygen atoms in total. The number of amides is 1. The van der Waals surface area contributed by atoms with Gasteiger partial charge in [0.2, 0.25) is 11.0 Å². The SMILES string of the molecule is CN(CC(=O)N1CCN(c2cccc(C(F)(F)F)c2)CC1)c1nc(Cc2ccc(Cl)cc2)ns1. The number of benzene rings is 2. The molecule has 1 saturated heterocycles. The van der Waals surface area contributed by atoms with Crippen molar-refractivity contribution in [2.75, 3.05) is 49.6 Å². The maximum atomic E-state index is 13.0. The minimum Gasteiger partial charge on any atom is -0.368 e. The van der Waals surface area contributed by atoms with Crippen molar-refractivity contribution in [1.82, 2.24) is 14.3 Å². The number of hydrogen-bond donors (Lipinski definition) is 0. The lowest BCUT2D eigenvalue weighted by atomic mass is 10.1. The van der Waals surface area contributed by atoms with Crippen molar-refractivity contribution in [3.8, 4) is 0 Å². The topological polar surface area (TPSA) is 52.6 Å². The van der Waals surface area contributed by atoms with Crippen molar-refractivity contribution in [1.29, 1.82) is 0 Å². The highest BCUT2D eigenvalue weighted by molar-refractivity contribution is 7.09. The molecule has 1 aliphatic heterocycles. The largest absolute Gasteiger partial charge is 0.416 e. The van der Waals surface area contributed by atoms with Crippen LogP contribution in [0.2, 0.25) is 5.02 Å². The van der Waals surface area contributed by atoms with Gasteiger partial charge in [0.1, 0.15) is 5.82 Å². The summed E-state index contributed by atoms with van der Waals surface area (Å²) in [4.78, 5) is 22.7. The second-order valence-corrected chi connectivity index (χ2v) is 9.24. The first-order valence-electron chi connectivity index (χ1n) is 10.7. The lowest BCUT2D eigenvalue weighted by molar-refractivity contribution is -0.137. The van der Waals surface area contributed by atoms with E-state index in [0.717, 1.165) is 17.7 Å². The monoisotopic (exact) mass is 509 g/mol. The van der Waals surface area contributed by atoms with E-state index in [-0.39, 0.29) is 12.5 Å². The smallest absolute Gasteiger partial charge is 0.368 e. The number of nitrogens with zero attached hydrogens (tertiary/aromatic N) is 5. The average Bonchev–Trinajstić information content (AvgIpc) is 3.29. The predicted octanol–water partition coefficient (Wildman–Crippen LogP) is 4.59. The van der Waals surface area contributed by atoms with Crippen LogP contribution in [0.5, 0.6) is 0 Å². The third-order valence-electron chi connectivity index (χ3n) is 5.60. The quantitative estimate of drug-likeness (QED) is 0.486. The molecule has 34 heavy (non-hydrogen) atoms. The Hall–Kier alpha value is -2.85. The van der Waals surface area contributed by atoms with Gasteiger partial charge in [0.15, 0.2) is 0 Å². The van der Waals surface area contributed by atoms with Crippen molar-refractivity contribution < 1.29 is 18.0 Å². The molecular formula is C23H23ClF3N5OS. The van der Waals surface area contributed by atoms with Crippen LogP contribution in [-0.4, -0.2) is 59.9 Å². The third-order valence-corrected chi connectivity index (χ3v) is 6.72. The number of anilines is 2. The summed E-state index contributed by atoms with van der Waals surface area (Å²) in [6, 6.07) is 12.8. The van der Waals surface area contributed by atoms with Crippen LogP contribution >= 0.6 is 23.1 Å². The Balaban J connectivity index is 1.29. The summed E-state index contributed by atoms with van der Waals surface area (Å²) >= 11 is 7.16. The number of rotatable bonds is 6. The molecule has 180 valence electrons. The molecule has 2 aromatic carbocycles. The van der Waals surface area contributed by atoms with Gasteiger partial charge in [-0.2, -0.15) is 17.5 Å². The maximum absolute atomic E-state index is 13.0. The van der Waals surface area contributed by atoms with Crippen molar-refractivity contribution in [2.45, 2.75) is 12.6 Å². The summed E-state index contributed by atoms with van der Waals surface area (Å²) in [5, 5.41) is 1.32. The van der Waals surface area contributed by atoms with Gasteiger partial charge < -0.3 is 14.7 Å². The molecule has 0 unspecified atom stereocenters. The van der Waals surface area contributed by atoms with E-state index < -0.39 is 11.7 Å². The van der Waals surface area contributed by atoms with E-state index in [4.69, 9.17) is 11.6 Å². The lowest BCUT2D eigenvalue weighted by Gasteiger charge is -2.36. The second-order valence-electron chi connectivity index (χ2n) is 8.07. The summed E-state index contributed by atoms with van der Waals surface area (Å²) in [7, 11) is 1.80. The van der Waals surface area contributed by atoms with Crippen LogP contribution in [0.3, 0.4) is 0 Å². The van der Waals surface area contributed by atoms with E-state index in [1.807, 2.05) is 29.2 Å². The van der Waals surface area contributed by atoms with E-state index in [2.05, 4.69) is 9.36 Å². The molecule has 0 radical (unpaired) electrons. The number of alkyl halides is 3. The van der Waals surface area contributed by atoms with E-state index in [0.29, 0.717) is 54.3 Å². The molecule has 1 fully saturated rings. The number of hydrogen-bond acceptors (Lipinski definition) is 6. The third kappa shape index (κ3) is 5.98. The average molecular weight is 510 g/mol. The van der Waals surface area contributed by atoms with E-state index in [9.17, 15) is 18.0 Å². The van der Waals surface area contributed by atoms with Crippen LogP contribution in [0.4, 0.5) is 24.0 Å². The standard InChI is InChI=1S/C23H23ClF3N5OS/c1-30(22-28-20(29-34-22)13-16-5-7-18(24)8-6-16)15-21(33)32-11-9-31(10-12-32)19-4-2-3-17(14-19)23(25,26)27/h2-8,14H,9-13,15H2,1H3. The Morgan fingerprint density at radius 1 is 1.12 bits per heavy atom. The molecule has 0 saturated carbocycles. The predicted molar refractivity (Wildman–Crippen MR) is 128 cm³/mol. The number of aromatic nitrogens is 2. The molecule has 1 amide bonds. The summed E-state index contributed by atoms with van der Waals surface area (Å²) < 4.78 is 43.4. The van der Waals surface area contributed by atoms with Gasteiger partial charge in [-0.05, 0) is 35.9 Å². The zero-order valence-corrected chi connectivity index (χ0v) is 20.0. The Labute approximate surface area is 204 Å². The van der Waals surface area contributed by atoms with Crippen molar-refractivity contribution in [2.24, 2.45) is 0 Å². The van der Waals surface area contributed by atoms with Gasteiger partial charge in [0.05, 0.1) is 12.1 Å². The van der Waals surface area contributed by atoms with Crippen LogP contribution < -0.4 is 9.80 Å². The van der Waals surface area contributed by atoms with Crippen molar-refractivity contribution in [3.05, 3.63) is 70.5 Å². The Morgan fingerprint density at radius 2 is 1.82 bits per heavy atom. The molecule has 0 spiro atoms. The number of carbonyl (C=O) groups excluding carboxylic acids is 1. The molecule has 3 aromatic rings.